The highest BCUT2D eigenvalue weighted by atomic mass is 32.2. The smallest absolute Gasteiger partial charge is 0.247 e. The molecule has 6 nitrogen and oxygen atoms in total. The minimum absolute atomic E-state index is 0.0977. The van der Waals surface area contributed by atoms with Crippen molar-refractivity contribution in [1.29, 1.82) is 0 Å². The molecule has 24 heavy (non-hydrogen) atoms. The number of carbonyl (C=O) groups is 1. The standard InChI is InChI=1S/C17H26N2O4S/c1-4-19(12-17(20)18-14-7-5-6-8-14)24(21,22)16-11-13(2)9-10-15(16)23-3/h9-11,14H,4-8,12H2,1-3H3,(H,18,20). The van der Waals surface area contributed by atoms with Gasteiger partial charge in [-0.05, 0) is 37.5 Å². The molecule has 0 radical (unpaired) electrons. The lowest BCUT2D eigenvalue weighted by atomic mass is 10.2. The monoisotopic (exact) mass is 354 g/mol. The van der Waals surface area contributed by atoms with E-state index in [1.807, 2.05) is 6.92 Å². The van der Waals surface area contributed by atoms with Gasteiger partial charge >= 0.3 is 0 Å². The SMILES string of the molecule is CCN(CC(=O)NC1CCCC1)S(=O)(=O)c1cc(C)ccc1OC. The molecule has 1 aliphatic carbocycles. The predicted octanol–water partition coefficient (Wildman–Crippen LogP) is 2.07. The van der Waals surface area contributed by atoms with Gasteiger partial charge in [-0.15, -0.1) is 0 Å². The van der Waals surface area contributed by atoms with E-state index in [4.69, 9.17) is 4.74 Å². The molecule has 134 valence electrons. The quantitative estimate of drug-likeness (QED) is 0.813. The van der Waals surface area contributed by atoms with Crippen LogP contribution in [-0.4, -0.2) is 44.9 Å². The van der Waals surface area contributed by atoms with E-state index in [0.717, 1.165) is 31.2 Å². The number of methoxy groups -OCH3 is 1. The van der Waals surface area contributed by atoms with Crippen LogP contribution in [0.1, 0.15) is 38.2 Å². The fraction of sp³-hybridized carbons (Fsp3) is 0.588. The van der Waals surface area contributed by atoms with Crippen molar-refractivity contribution >= 4 is 15.9 Å². The predicted molar refractivity (Wildman–Crippen MR) is 92.6 cm³/mol. The van der Waals surface area contributed by atoms with E-state index in [1.165, 1.54) is 11.4 Å². The Kier molecular flexibility index (Phi) is 6.23. The normalized spacial score (nSPS) is 15.7. The summed E-state index contributed by atoms with van der Waals surface area (Å²) in [6.07, 6.45) is 4.16. The number of hydrogen-bond acceptors (Lipinski definition) is 4. The van der Waals surface area contributed by atoms with E-state index in [0.29, 0.717) is 0 Å². The first-order chi connectivity index (χ1) is 11.4. The van der Waals surface area contributed by atoms with Gasteiger partial charge in [0.05, 0.1) is 13.7 Å². The minimum Gasteiger partial charge on any atom is -0.495 e. The van der Waals surface area contributed by atoms with Crippen LogP contribution in [0.15, 0.2) is 23.1 Å². The van der Waals surface area contributed by atoms with Gasteiger partial charge in [-0.25, -0.2) is 8.42 Å². The highest BCUT2D eigenvalue weighted by molar-refractivity contribution is 7.89. The lowest BCUT2D eigenvalue weighted by Gasteiger charge is -2.22. The van der Waals surface area contributed by atoms with Crippen LogP contribution in [0.4, 0.5) is 0 Å². The molecule has 0 atom stereocenters. The van der Waals surface area contributed by atoms with Crippen LogP contribution >= 0.6 is 0 Å². The number of aryl methyl sites for hydroxylation is 1. The van der Waals surface area contributed by atoms with Crippen molar-refractivity contribution in [3.8, 4) is 5.75 Å². The van der Waals surface area contributed by atoms with Gasteiger partial charge in [-0.3, -0.25) is 4.79 Å². The Morgan fingerprint density at radius 1 is 1.33 bits per heavy atom. The fourth-order valence-corrected chi connectivity index (χ4v) is 4.64. The van der Waals surface area contributed by atoms with E-state index in [9.17, 15) is 13.2 Å². The average Bonchev–Trinajstić information content (AvgIpc) is 3.05. The third-order valence-corrected chi connectivity index (χ3v) is 6.27. The van der Waals surface area contributed by atoms with Crippen molar-refractivity contribution < 1.29 is 17.9 Å². The average molecular weight is 354 g/mol. The third-order valence-electron chi connectivity index (χ3n) is 4.33. The summed E-state index contributed by atoms with van der Waals surface area (Å²) in [4.78, 5) is 12.3. The number of rotatable bonds is 7. The van der Waals surface area contributed by atoms with E-state index in [1.54, 1.807) is 25.1 Å². The fourth-order valence-electron chi connectivity index (χ4n) is 2.99. The van der Waals surface area contributed by atoms with Gasteiger partial charge in [0.1, 0.15) is 10.6 Å². The molecular weight excluding hydrogens is 328 g/mol. The van der Waals surface area contributed by atoms with Gasteiger partial charge < -0.3 is 10.1 Å². The molecule has 0 unspecified atom stereocenters. The van der Waals surface area contributed by atoms with E-state index >= 15 is 0 Å². The molecule has 0 aliphatic heterocycles. The maximum Gasteiger partial charge on any atom is 0.247 e. The summed E-state index contributed by atoms with van der Waals surface area (Å²) in [6.45, 7) is 3.59. The van der Waals surface area contributed by atoms with Crippen LogP contribution in [0.3, 0.4) is 0 Å². The molecule has 1 N–H and O–H groups in total. The van der Waals surface area contributed by atoms with Gasteiger partial charge in [0.2, 0.25) is 15.9 Å². The second-order valence-electron chi connectivity index (χ2n) is 6.13. The number of hydrogen-bond donors (Lipinski definition) is 1. The highest BCUT2D eigenvalue weighted by Crippen LogP contribution is 2.27. The Bertz CT molecular complexity index is 682. The summed E-state index contributed by atoms with van der Waals surface area (Å²) in [6, 6.07) is 5.17. The van der Waals surface area contributed by atoms with Crippen LogP contribution in [0, 0.1) is 6.92 Å². The number of nitrogens with one attached hydrogen (secondary N) is 1. The van der Waals surface area contributed by atoms with Crippen molar-refractivity contribution in [2.24, 2.45) is 0 Å². The zero-order chi connectivity index (χ0) is 17.7. The molecular formula is C17H26N2O4S. The largest absolute Gasteiger partial charge is 0.495 e. The van der Waals surface area contributed by atoms with Crippen LogP contribution in [-0.2, 0) is 14.8 Å². The van der Waals surface area contributed by atoms with Crippen LogP contribution in [0.2, 0.25) is 0 Å². The maximum absolute atomic E-state index is 12.9. The number of nitrogens with zero attached hydrogens (tertiary/aromatic N) is 1. The Morgan fingerprint density at radius 3 is 2.58 bits per heavy atom. The molecule has 1 amide bonds. The van der Waals surface area contributed by atoms with Crippen molar-refractivity contribution in [2.75, 3.05) is 20.2 Å². The topological polar surface area (TPSA) is 75.7 Å². The van der Waals surface area contributed by atoms with Gasteiger partial charge in [0.25, 0.3) is 0 Å². The van der Waals surface area contributed by atoms with Gasteiger partial charge in [-0.1, -0.05) is 25.8 Å². The number of benzene rings is 1. The number of likely N-dealkylation sites (N-methyl/N-ethyl adjacent to an activating group) is 1. The van der Waals surface area contributed by atoms with E-state index < -0.39 is 10.0 Å². The molecule has 1 saturated carbocycles. The second kappa shape index (κ2) is 7.98. The Balaban J connectivity index is 2.18. The van der Waals surface area contributed by atoms with Crippen molar-refractivity contribution in [1.82, 2.24) is 9.62 Å². The highest BCUT2D eigenvalue weighted by Gasteiger charge is 2.29. The van der Waals surface area contributed by atoms with E-state index in [-0.39, 0.29) is 35.7 Å². The van der Waals surface area contributed by atoms with Crippen molar-refractivity contribution in [3.05, 3.63) is 23.8 Å². The molecule has 7 heteroatoms. The number of sulfonamides is 1. The van der Waals surface area contributed by atoms with Gasteiger partial charge in [0, 0.05) is 12.6 Å². The van der Waals surface area contributed by atoms with Crippen molar-refractivity contribution in [3.63, 3.8) is 0 Å². The molecule has 1 aromatic rings. The number of amides is 1. The Hall–Kier alpha value is -1.60. The summed E-state index contributed by atoms with van der Waals surface area (Å²) >= 11 is 0. The molecule has 0 spiro atoms. The molecule has 1 aliphatic rings. The molecule has 1 aromatic carbocycles. The zero-order valence-electron chi connectivity index (χ0n) is 14.5. The molecule has 0 bridgehead atoms. The molecule has 0 saturated heterocycles. The zero-order valence-corrected chi connectivity index (χ0v) is 15.4. The maximum atomic E-state index is 12.9. The third kappa shape index (κ3) is 4.27. The molecule has 0 aromatic heterocycles. The summed E-state index contributed by atoms with van der Waals surface area (Å²) in [5, 5.41) is 2.93. The Labute approximate surface area is 144 Å². The van der Waals surface area contributed by atoms with Crippen molar-refractivity contribution in [2.45, 2.75) is 50.5 Å². The first-order valence-electron chi connectivity index (χ1n) is 8.32. The molecule has 2 rings (SSSR count). The van der Waals surface area contributed by atoms with E-state index in [2.05, 4.69) is 5.32 Å². The first-order valence-corrected chi connectivity index (χ1v) is 9.76. The summed E-state index contributed by atoms with van der Waals surface area (Å²) in [7, 11) is -2.36. The summed E-state index contributed by atoms with van der Waals surface area (Å²) in [5.41, 5.74) is 0.820. The van der Waals surface area contributed by atoms with Crippen LogP contribution < -0.4 is 10.1 Å². The second-order valence-corrected chi connectivity index (χ2v) is 8.04. The molecule has 0 heterocycles. The lowest BCUT2D eigenvalue weighted by Crippen LogP contribution is -2.43. The van der Waals surface area contributed by atoms with Crippen LogP contribution in [0.25, 0.3) is 0 Å². The summed E-state index contributed by atoms with van der Waals surface area (Å²) < 4.78 is 32.2. The summed E-state index contributed by atoms with van der Waals surface area (Å²) in [5.74, 6) is 0.0363. The molecule has 1 fully saturated rings. The lowest BCUT2D eigenvalue weighted by molar-refractivity contribution is -0.121. The first kappa shape index (κ1) is 18.7. The minimum atomic E-state index is -3.80. The number of carbonyl (C=O) groups excluding carboxylic acids is 1. The van der Waals surface area contributed by atoms with Gasteiger partial charge in [-0.2, -0.15) is 4.31 Å². The van der Waals surface area contributed by atoms with Crippen LogP contribution in [0.5, 0.6) is 5.75 Å². The van der Waals surface area contributed by atoms with Gasteiger partial charge in [0.15, 0.2) is 0 Å². The Morgan fingerprint density at radius 2 is 2.00 bits per heavy atom. The number of ether oxygens (including phenoxy) is 1.